The molecule has 1 N–H and O–H groups in total. The smallest absolute Gasteiger partial charge is 0.243 e. The fraction of sp³-hybridized carbons (Fsp3) is 0.600. The molecule has 2 unspecified atom stereocenters. The molecule has 0 saturated carbocycles. The minimum atomic E-state index is -3.42. The van der Waals surface area contributed by atoms with E-state index < -0.39 is 10.0 Å². The van der Waals surface area contributed by atoms with E-state index in [1.54, 1.807) is 10.4 Å². The van der Waals surface area contributed by atoms with Crippen molar-refractivity contribution in [3.05, 3.63) is 27.7 Å². The SMILES string of the molecule is Cc1cc(S(=O)(=O)N2C3CCNCC2CC3)c(C)cc1Br. The summed E-state index contributed by atoms with van der Waals surface area (Å²) in [5.41, 5.74) is 1.77. The van der Waals surface area contributed by atoms with Gasteiger partial charge in [-0.25, -0.2) is 8.42 Å². The van der Waals surface area contributed by atoms with Crippen LogP contribution in [0.25, 0.3) is 0 Å². The minimum Gasteiger partial charge on any atom is -0.315 e. The molecule has 21 heavy (non-hydrogen) atoms. The van der Waals surface area contributed by atoms with Gasteiger partial charge in [-0.1, -0.05) is 15.9 Å². The molecule has 4 nitrogen and oxygen atoms in total. The lowest BCUT2D eigenvalue weighted by atomic mass is 10.1. The third-order valence-corrected chi connectivity index (χ3v) is 7.60. The Kier molecular flexibility index (Phi) is 4.16. The summed E-state index contributed by atoms with van der Waals surface area (Å²) in [5, 5.41) is 3.35. The van der Waals surface area contributed by atoms with Crippen molar-refractivity contribution in [1.82, 2.24) is 9.62 Å². The van der Waals surface area contributed by atoms with Gasteiger partial charge in [-0.05, 0) is 62.9 Å². The molecule has 1 aromatic rings. The van der Waals surface area contributed by atoms with Crippen molar-refractivity contribution in [2.45, 2.75) is 50.1 Å². The van der Waals surface area contributed by atoms with E-state index in [1.165, 1.54) is 0 Å². The summed E-state index contributed by atoms with van der Waals surface area (Å²) in [4.78, 5) is 0.460. The van der Waals surface area contributed by atoms with Crippen molar-refractivity contribution in [3.63, 3.8) is 0 Å². The van der Waals surface area contributed by atoms with E-state index >= 15 is 0 Å². The Morgan fingerprint density at radius 1 is 1.14 bits per heavy atom. The number of hydrogen-bond acceptors (Lipinski definition) is 3. The number of nitrogens with zero attached hydrogens (tertiary/aromatic N) is 1. The molecule has 0 radical (unpaired) electrons. The van der Waals surface area contributed by atoms with E-state index in [9.17, 15) is 8.42 Å². The molecule has 2 saturated heterocycles. The van der Waals surface area contributed by atoms with Crippen LogP contribution in [0, 0.1) is 13.8 Å². The lowest BCUT2D eigenvalue weighted by Crippen LogP contribution is -2.42. The van der Waals surface area contributed by atoms with Gasteiger partial charge in [0, 0.05) is 23.1 Å². The van der Waals surface area contributed by atoms with Crippen LogP contribution in [0.5, 0.6) is 0 Å². The molecule has 6 heteroatoms. The first kappa shape index (κ1) is 15.5. The van der Waals surface area contributed by atoms with Gasteiger partial charge in [0.05, 0.1) is 4.90 Å². The third kappa shape index (κ3) is 2.67. The molecular formula is C15H21BrN2O2S. The van der Waals surface area contributed by atoms with Gasteiger partial charge in [-0.15, -0.1) is 0 Å². The first-order valence-electron chi connectivity index (χ1n) is 7.42. The summed E-state index contributed by atoms with van der Waals surface area (Å²) in [6.45, 7) is 5.48. The summed E-state index contributed by atoms with van der Waals surface area (Å²) in [7, 11) is -3.42. The predicted molar refractivity (Wildman–Crippen MR) is 86.9 cm³/mol. The Labute approximate surface area is 135 Å². The van der Waals surface area contributed by atoms with Crippen LogP contribution in [-0.2, 0) is 10.0 Å². The van der Waals surface area contributed by atoms with Crippen LogP contribution >= 0.6 is 15.9 Å². The first-order valence-corrected chi connectivity index (χ1v) is 9.65. The fourth-order valence-corrected chi connectivity index (χ4v) is 6.13. The van der Waals surface area contributed by atoms with Crippen molar-refractivity contribution in [2.24, 2.45) is 0 Å². The number of aryl methyl sites for hydroxylation is 2. The maximum Gasteiger partial charge on any atom is 0.243 e. The van der Waals surface area contributed by atoms with Crippen LogP contribution in [-0.4, -0.2) is 37.9 Å². The van der Waals surface area contributed by atoms with Gasteiger partial charge in [0.2, 0.25) is 10.0 Å². The predicted octanol–water partition coefficient (Wildman–Crippen LogP) is 2.58. The minimum absolute atomic E-state index is 0.103. The molecule has 0 aromatic heterocycles. The van der Waals surface area contributed by atoms with E-state index in [2.05, 4.69) is 21.2 Å². The van der Waals surface area contributed by atoms with Gasteiger partial charge in [0.25, 0.3) is 0 Å². The molecule has 0 aliphatic carbocycles. The highest BCUT2D eigenvalue weighted by molar-refractivity contribution is 9.10. The van der Waals surface area contributed by atoms with Crippen molar-refractivity contribution in [2.75, 3.05) is 13.1 Å². The topological polar surface area (TPSA) is 49.4 Å². The van der Waals surface area contributed by atoms with E-state index in [-0.39, 0.29) is 12.1 Å². The van der Waals surface area contributed by atoms with Crippen LogP contribution in [0.3, 0.4) is 0 Å². The van der Waals surface area contributed by atoms with E-state index in [1.807, 2.05) is 19.9 Å². The molecule has 2 aliphatic heterocycles. The average molecular weight is 373 g/mol. The molecule has 0 spiro atoms. The average Bonchev–Trinajstić information content (AvgIpc) is 2.68. The van der Waals surface area contributed by atoms with Crippen LogP contribution < -0.4 is 5.32 Å². The van der Waals surface area contributed by atoms with Crippen LogP contribution in [0.1, 0.15) is 30.4 Å². The maximum absolute atomic E-state index is 13.2. The Morgan fingerprint density at radius 2 is 1.86 bits per heavy atom. The summed E-state index contributed by atoms with van der Waals surface area (Å²) in [6.07, 6.45) is 2.86. The number of hydrogen-bond donors (Lipinski definition) is 1. The Bertz CT molecular complexity index is 646. The molecule has 116 valence electrons. The molecular weight excluding hydrogens is 352 g/mol. The number of rotatable bonds is 2. The van der Waals surface area contributed by atoms with Crippen LogP contribution in [0.2, 0.25) is 0 Å². The van der Waals surface area contributed by atoms with Crippen molar-refractivity contribution in [1.29, 1.82) is 0 Å². The van der Waals surface area contributed by atoms with Crippen molar-refractivity contribution in [3.8, 4) is 0 Å². The molecule has 2 heterocycles. The zero-order valence-electron chi connectivity index (χ0n) is 12.4. The highest BCUT2D eigenvalue weighted by Gasteiger charge is 2.43. The van der Waals surface area contributed by atoms with E-state index in [0.717, 1.165) is 48.0 Å². The van der Waals surface area contributed by atoms with E-state index in [0.29, 0.717) is 4.90 Å². The number of benzene rings is 1. The molecule has 2 atom stereocenters. The molecule has 2 fully saturated rings. The van der Waals surface area contributed by atoms with Crippen molar-refractivity contribution >= 4 is 26.0 Å². The van der Waals surface area contributed by atoms with Gasteiger partial charge in [0.15, 0.2) is 0 Å². The van der Waals surface area contributed by atoms with Gasteiger partial charge in [-0.3, -0.25) is 0 Å². The summed E-state index contributed by atoms with van der Waals surface area (Å²) >= 11 is 3.47. The lowest BCUT2D eigenvalue weighted by Gasteiger charge is -2.27. The Morgan fingerprint density at radius 3 is 2.62 bits per heavy atom. The highest BCUT2D eigenvalue weighted by atomic mass is 79.9. The standard InChI is InChI=1S/C15H21BrN2O2S/c1-10-8-15(11(2)7-14(10)16)21(19,20)18-12-3-4-13(18)9-17-6-5-12/h7-8,12-13,17H,3-6,9H2,1-2H3. The number of fused-ring (bicyclic) bond motifs is 2. The molecule has 2 aliphatic rings. The zero-order valence-corrected chi connectivity index (χ0v) is 14.8. The van der Waals surface area contributed by atoms with E-state index in [4.69, 9.17) is 0 Å². The maximum atomic E-state index is 13.2. The quantitative estimate of drug-likeness (QED) is 0.867. The van der Waals surface area contributed by atoms with Crippen molar-refractivity contribution < 1.29 is 8.42 Å². The number of sulfonamides is 1. The van der Waals surface area contributed by atoms with Crippen LogP contribution in [0.15, 0.2) is 21.5 Å². The number of nitrogens with one attached hydrogen (secondary N) is 1. The summed E-state index contributed by atoms with van der Waals surface area (Å²) in [5.74, 6) is 0. The Balaban J connectivity index is 2.06. The summed E-state index contributed by atoms with van der Waals surface area (Å²) < 4.78 is 29.1. The zero-order chi connectivity index (χ0) is 15.2. The second kappa shape index (κ2) is 5.65. The second-order valence-electron chi connectivity index (χ2n) is 6.08. The fourth-order valence-electron chi connectivity index (χ4n) is 3.48. The molecule has 3 rings (SSSR count). The monoisotopic (exact) mass is 372 g/mol. The Hall–Kier alpha value is -0.430. The highest BCUT2D eigenvalue weighted by Crippen LogP contribution is 2.35. The normalized spacial score (nSPS) is 26.8. The molecule has 0 amide bonds. The van der Waals surface area contributed by atoms with Gasteiger partial charge >= 0.3 is 0 Å². The lowest BCUT2D eigenvalue weighted by molar-refractivity contribution is 0.334. The number of halogens is 1. The van der Waals surface area contributed by atoms with Gasteiger partial charge in [-0.2, -0.15) is 4.31 Å². The third-order valence-electron chi connectivity index (χ3n) is 4.60. The van der Waals surface area contributed by atoms with Crippen LogP contribution in [0.4, 0.5) is 0 Å². The van der Waals surface area contributed by atoms with Gasteiger partial charge < -0.3 is 5.32 Å². The second-order valence-corrected chi connectivity index (χ2v) is 8.75. The first-order chi connectivity index (χ1) is 9.91. The molecule has 2 bridgehead atoms. The van der Waals surface area contributed by atoms with Gasteiger partial charge in [0.1, 0.15) is 0 Å². The molecule has 1 aromatic carbocycles. The largest absolute Gasteiger partial charge is 0.315 e. The summed E-state index contributed by atoms with van der Waals surface area (Å²) in [6, 6.07) is 3.95.